The van der Waals surface area contributed by atoms with Crippen molar-refractivity contribution in [2.45, 2.75) is 72.4 Å². The molecule has 1 fully saturated rings. The number of rotatable bonds is 4. The van der Waals surface area contributed by atoms with Crippen molar-refractivity contribution in [2.75, 3.05) is 45.7 Å². The molecule has 1 amide bonds. The second kappa shape index (κ2) is 18.1. The summed E-state index contributed by atoms with van der Waals surface area (Å²) in [6.45, 7) is 12.3. The van der Waals surface area contributed by atoms with E-state index in [1.54, 1.807) is 63.9 Å². The predicted octanol–water partition coefficient (Wildman–Crippen LogP) is 1.94. The van der Waals surface area contributed by atoms with E-state index < -0.39 is 94.8 Å². The number of ketones is 1. The fourth-order valence-corrected chi connectivity index (χ4v) is 8.33. The van der Waals surface area contributed by atoms with Gasteiger partial charge >= 0.3 is 5.97 Å². The number of carbonyl (C=O) groups is 3. The fourth-order valence-electron chi connectivity index (χ4n) is 8.33. The van der Waals surface area contributed by atoms with Gasteiger partial charge in [0.15, 0.2) is 17.3 Å². The number of hydrazone groups is 1. The first-order chi connectivity index (χ1) is 27.0. The molecule has 0 radical (unpaired) electrons. The molecule has 2 unspecified atom stereocenters. The van der Waals surface area contributed by atoms with Crippen LogP contribution in [0.25, 0.3) is 11.3 Å². The minimum atomic E-state index is -1.21. The number of hydrogen-bond acceptors (Lipinski definition) is 13. The van der Waals surface area contributed by atoms with Gasteiger partial charge in [0.05, 0.1) is 46.9 Å². The van der Waals surface area contributed by atoms with Gasteiger partial charge in [-0.2, -0.15) is 5.10 Å². The van der Waals surface area contributed by atoms with Crippen molar-refractivity contribution < 1.29 is 49.4 Å². The zero-order chi connectivity index (χ0) is 41.9. The molecular weight excluding hydrogens is 732 g/mol. The third-order valence-electron chi connectivity index (χ3n) is 11.9. The van der Waals surface area contributed by atoms with Gasteiger partial charge in [-0.15, -0.1) is 0 Å². The van der Waals surface area contributed by atoms with E-state index >= 15 is 0 Å². The number of anilines is 1. The smallest absolute Gasteiger partial charge is 0.302 e. The number of piperazine rings is 1. The monoisotopic (exact) mass is 788 g/mol. The number of phenols is 2. The lowest BCUT2D eigenvalue weighted by Crippen LogP contribution is -2.50. The Morgan fingerprint density at radius 2 is 1.65 bits per heavy atom. The van der Waals surface area contributed by atoms with E-state index in [2.05, 4.69) is 27.2 Å². The molecule has 0 spiro atoms. The van der Waals surface area contributed by atoms with Crippen LogP contribution in [-0.4, -0.2) is 124 Å². The van der Waals surface area contributed by atoms with E-state index in [0.29, 0.717) is 13.1 Å². The van der Waals surface area contributed by atoms with E-state index in [4.69, 9.17) is 9.47 Å². The molecule has 14 nitrogen and oxygen atoms in total. The zero-order valence-electron chi connectivity index (χ0n) is 33.9. The number of carbonyl (C=O) groups excluding carboxylic acids is 3. The SMILES string of the molecule is CO[C@H]1/C=C/CC(=O)C2=c3c(O)c(/C=N/N4CCN(C)CC4)c4c(O)c3=C(O)C#CC2C(C)[C@@H]1[C@@H](OC(C)=O)[C@H](C)[C@H](O)[C@H](C)[C@@H](O)[C@@H](C)/C=C/C=C(/C)C(=O)N4. The highest BCUT2D eigenvalue weighted by molar-refractivity contribution is 6.18. The maximum Gasteiger partial charge on any atom is 0.302 e. The molecule has 6 N–H and O–H groups in total. The summed E-state index contributed by atoms with van der Waals surface area (Å²) in [5, 5.41) is 67.9. The maximum absolute atomic E-state index is 14.5. The number of allylic oxidation sites excluding steroid dienone is 3. The first-order valence-electron chi connectivity index (χ1n) is 19.4. The molecule has 1 aromatic rings. The van der Waals surface area contributed by atoms with Gasteiger partial charge in [0.2, 0.25) is 0 Å². The average Bonchev–Trinajstić information content (AvgIpc) is 3.30. The highest BCUT2D eigenvalue weighted by Gasteiger charge is 2.47. The van der Waals surface area contributed by atoms with Crippen LogP contribution in [0.5, 0.6) is 11.5 Å². The van der Waals surface area contributed by atoms with E-state index in [0.717, 1.165) is 13.1 Å². The molecule has 10 atom stereocenters. The van der Waals surface area contributed by atoms with Gasteiger partial charge in [-0.25, -0.2) is 0 Å². The highest BCUT2D eigenvalue weighted by atomic mass is 16.5. The summed E-state index contributed by atoms with van der Waals surface area (Å²) in [6, 6.07) is 0. The number of ether oxygens (including phenoxy) is 2. The lowest BCUT2D eigenvalue weighted by atomic mass is 9.69. The Morgan fingerprint density at radius 3 is 2.30 bits per heavy atom. The summed E-state index contributed by atoms with van der Waals surface area (Å²) in [7, 11) is 3.47. The molecule has 14 heteroatoms. The van der Waals surface area contributed by atoms with Crippen molar-refractivity contribution in [3.63, 3.8) is 0 Å². The van der Waals surface area contributed by atoms with Gasteiger partial charge in [0.1, 0.15) is 11.9 Å². The number of methoxy groups -OCH3 is 1. The number of amides is 1. The van der Waals surface area contributed by atoms with Crippen LogP contribution in [0.2, 0.25) is 0 Å². The van der Waals surface area contributed by atoms with Crippen molar-refractivity contribution in [2.24, 2.45) is 40.6 Å². The number of phenolic OH excluding ortho intramolecular Hbond substituents is 2. The van der Waals surface area contributed by atoms with Crippen LogP contribution >= 0.6 is 0 Å². The van der Waals surface area contributed by atoms with Crippen molar-refractivity contribution >= 4 is 40.9 Å². The number of likely N-dealkylation sites (N-methyl/N-ethyl adjacent to an activating group) is 1. The predicted molar refractivity (Wildman–Crippen MR) is 215 cm³/mol. The van der Waals surface area contributed by atoms with E-state index in [1.165, 1.54) is 26.3 Å². The van der Waals surface area contributed by atoms with Gasteiger partial charge in [-0.3, -0.25) is 19.4 Å². The number of aliphatic hydroxyl groups is 3. The number of nitrogens with one attached hydrogen (secondary N) is 1. The Hall–Kier alpha value is -4.94. The number of aliphatic hydroxyl groups excluding tert-OH is 3. The first-order valence-corrected chi connectivity index (χ1v) is 19.4. The summed E-state index contributed by atoms with van der Waals surface area (Å²) >= 11 is 0. The first kappa shape index (κ1) is 43.2. The molecule has 2 aliphatic carbocycles. The minimum absolute atomic E-state index is 0.0246. The van der Waals surface area contributed by atoms with Crippen LogP contribution in [0.3, 0.4) is 0 Å². The van der Waals surface area contributed by atoms with Crippen molar-refractivity contribution in [3.8, 4) is 23.3 Å². The molecule has 3 aliphatic heterocycles. The number of hydrogen-bond donors (Lipinski definition) is 6. The maximum atomic E-state index is 14.5. The van der Waals surface area contributed by atoms with Crippen LogP contribution in [0.4, 0.5) is 5.69 Å². The van der Waals surface area contributed by atoms with Gasteiger partial charge < -0.3 is 45.2 Å². The van der Waals surface area contributed by atoms with Crippen LogP contribution in [0, 0.1) is 47.3 Å². The van der Waals surface area contributed by atoms with E-state index in [1.807, 2.05) is 7.05 Å². The van der Waals surface area contributed by atoms with E-state index in [-0.39, 0.29) is 39.3 Å². The van der Waals surface area contributed by atoms with E-state index in [9.17, 15) is 39.9 Å². The number of nitrogens with zero attached hydrogens (tertiary/aromatic N) is 3. The number of benzene rings is 1. The third-order valence-corrected chi connectivity index (χ3v) is 11.9. The van der Waals surface area contributed by atoms with Crippen LogP contribution in [0.1, 0.15) is 53.5 Å². The molecule has 0 aromatic heterocycles. The lowest BCUT2D eigenvalue weighted by Gasteiger charge is -2.42. The Kier molecular flexibility index (Phi) is 13.7. The number of esters is 1. The van der Waals surface area contributed by atoms with Crippen LogP contribution in [0.15, 0.2) is 41.1 Å². The molecule has 6 rings (SSSR count). The molecule has 1 saturated heterocycles. The average molecular weight is 789 g/mol. The molecule has 0 saturated carbocycles. The summed E-state index contributed by atoms with van der Waals surface area (Å²) < 4.78 is 12.0. The normalized spacial score (nSPS) is 33.6. The summed E-state index contributed by atoms with van der Waals surface area (Å²) in [5.74, 6) is -2.49. The third kappa shape index (κ3) is 8.97. The van der Waals surface area contributed by atoms with Crippen LogP contribution < -0.4 is 15.8 Å². The Bertz CT molecular complexity index is 2050. The van der Waals surface area contributed by atoms with Gasteiger partial charge in [0.25, 0.3) is 5.91 Å². The molecule has 6 bridgehead atoms. The number of fused-ring (bicyclic) bond motifs is 10. The second-order valence-electron chi connectivity index (χ2n) is 15.8. The quantitative estimate of drug-likeness (QED) is 0.0648. The fraction of sp³-hybridized carbons (Fsp3) is 0.535. The molecular formula is C43H56N4O10. The highest BCUT2D eigenvalue weighted by Crippen LogP contribution is 2.41. The van der Waals surface area contributed by atoms with Crippen LogP contribution in [-0.2, 0) is 23.9 Å². The molecule has 5 aliphatic rings. The summed E-state index contributed by atoms with van der Waals surface area (Å²) in [5.41, 5.74) is -0.204. The zero-order valence-corrected chi connectivity index (χ0v) is 33.9. The Morgan fingerprint density at radius 1 is 0.965 bits per heavy atom. The lowest BCUT2D eigenvalue weighted by molar-refractivity contribution is -0.165. The molecule has 308 valence electrons. The van der Waals surface area contributed by atoms with Gasteiger partial charge in [-0.05, 0) is 25.8 Å². The van der Waals surface area contributed by atoms with Gasteiger partial charge in [0, 0.05) is 86.7 Å². The largest absolute Gasteiger partial charge is 0.507 e. The summed E-state index contributed by atoms with van der Waals surface area (Å²) in [4.78, 5) is 43.2. The van der Waals surface area contributed by atoms with Crippen molar-refractivity contribution in [1.82, 2.24) is 9.91 Å². The second-order valence-corrected chi connectivity index (χ2v) is 15.8. The minimum Gasteiger partial charge on any atom is -0.507 e. The molecule has 1 aromatic carbocycles. The number of Topliss-reactive ketones (excluding diaryl/α,β-unsaturated/α-hetero) is 1. The Balaban J connectivity index is 1.89. The van der Waals surface area contributed by atoms with Crippen molar-refractivity contribution in [1.29, 1.82) is 0 Å². The summed E-state index contributed by atoms with van der Waals surface area (Å²) in [6.07, 6.45) is 5.13. The Labute approximate surface area is 333 Å². The molecule has 3 heterocycles. The number of aromatic hydroxyl groups is 2. The topological polar surface area (TPSA) is 202 Å². The molecule has 57 heavy (non-hydrogen) atoms. The van der Waals surface area contributed by atoms with Crippen molar-refractivity contribution in [3.05, 3.63) is 52.0 Å². The standard InChI is InChI=1S/C43H56N4O10/c1-22-11-9-12-23(2)43(55)45-37-29(21-44-47-19-17-46(7)18-20-47)40(53)36-34-28(15-16-31(50)35(36)41(37)54)24(3)33(32(56-8)14-10-13-30(34)49)42(57-27(6)48)26(5)39(52)25(4)38(22)51/h9-12,14,21-22,24-26,28,32-33,38-39,42,50-54H,13,17-20H2,1-8H3,(H,45,55)/b11-9+,14-10+,23-12-,44-21+/t22-,24?,25+,26+,28?,32-,33-,38-,39+,42-/m0/s1. The van der Waals surface area contributed by atoms with Gasteiger partial charge in [-0.1, -0.05) is 64.0 Å².